The predicted octanol–water partition coefficient (Wildman–Crippen LogP) is 1.68. The van der Waals surface area contributed by atoms with Crippen LogP contribution in [0.4, 0.5) is 18.2 Å². The van der Waals surface area contributed by atoms with Crippen LogP contribution in [0.15, 0.2) is 0 Å². The lowest BCUT2D eigenvalue weighted by Crippen LogP contribution is -2.43. The number of carboxylic acid groups (broad SMARTS) is 1. The molecule has 0 aliphatic carbocycles. The van der Waals surface area contributed by atoms with Crippen molar-refractivity contribution in [3.05, 3.63) is 10.7 Å². The second-order valence-electron chi connectivity index (χ2n) is 3.63. The lowest BCUT2D eigenvalue weighted by atomic mass is 10.1. The van der Waals surface area contributed by atoms with Crippen molar-refractivity contribution < 1.29 is 27.9 Å². The van der Waals surface area contributed by atoms with E-state index in [0.717, 1.165) is 0 Å². The Bertz CT molecular complexity index is 512. The number of alkyl halides is 3. The van der Waals surface area contributed by atoms with Crippen LogP contribution in [0.2, 0.25) is 0 Å². The number of nitrogens with zero attached hydrogens (tertiary/aromatic N) is 2. The van der Waals surface area contributed by atoms with Crippen LogP contribution in [0.1, 0.15) is 21.9 Å². The number of aromatic nitrogens is 1. The molecule has 1 aromatic heterocycles. The largest absolute Gasteiger partial charge is 0.476 e. The maximum Gasteiger partial charge on any atom is 0.471 e. The number of thiazole rings is 1. The van der Waals surface area contributed by atoms with Crippen LogP contribution in [0.25, 0.3) is 0 Å². The zero-order valence-electron chi connectivity index (χ0n) is 8.82. The van der Waals surface area contributed by atoms with Gasteiger partial charge < -0.3 is 5.11 Å². The lowest BCUT2D eigenvalue weighted by molar-refractivity contribution is -0.170. The quantitative estimate of drug-likeness (QED) is 0.849. The molecule has 0 aromatic carbocycles. The van der Waals surface area contributed by atoms with E-state index < -0.39 is 18.1 Å². The molecule has 1 N–H and O–H groups in total. The molecule has 0 radical (unpaired) electrons. The molecule has 0 spiro atoms. The van der Waals surface area contributed by atoms with Crippen LogP contribution in [-0.2, 0) is 11.2 Å². The van der Waals surface area contributed by atoms with Gasteiger partial charge in [-0.1, -0.05) is 11.3 Å². The molecule has 0 fully saturated rings. The monoisotopic (exact) mass is 280 g/mol. The van der Waals surface area contributed by atoms with Crippen LogP contribution in [-0.4, -0.2) is 34.7 Å². The fourth-order valence-electron chi connectivity index (χ4n) is 1.66. The van der Waals surface area contributed by atoms with E-state index in [1.807, 2.05) is 0 Å². The maximum atomic E-state index is 12.4. The number of carbonyl (C=O) groups is 2. The number of carboxylic acids is 1. The molecule has 5 nitrogen and oxygen atoms in total. The highest BCUT2D eigenvalue weighted by atomic mass is 32.1. The number of anilines is 1. The Morgan fingerprint density at radius 3 is 2.61 bits per heavy atom. The zero-order chi connectivity index (χ0) is 13.5. The standard InChI is InChI=1S/C9H7F3N2O3S/c10-9(11,12)8(17)14-3-1-2-4-6(14)18-5(13-4)7(15)16/h1-3H2,(H,15,16). The van der Waals surface area contributed by atoms with Gasteiger partial charge in [0.2, 0.25) is 5.01 Å². The summed E-state index contributed by atoms with van der Waals surface area (Å²) < 4.78 is 37.1. The minimum atomic E-state index is -4.97. The molecule has 1 amide bonds. The van der Waals surface area contributed by atoms with Crippen LogP contribution in [0.3, 0.4) is 0 Å². The molecule has 2 rings (SSSR count). The van der Waals surface area contributed by atoms with E-state index in [1.165, 1.54) is 0 Å². The van der Waals surface area contributed by atoms with Crippen molar-refractivity contribution in [2.24, 2.45) is 0 Å². The Morgan fingerprint density at radius 1 is 1.39 bits per heavy atom. The van der Waals surface area contributed by atoms with Gasteiger partial charge >= 0.3 is 18.1 Å². The van der Waals surface area contributed by atoms with Crippen LogP contribution in [0.5, 0.6) is 0 Å². The fourth-order valence-corrected chi connectivity index (χ4v) is 2.64. The highest BCUT2D eigenvalue weighted by Gasteiger charge is 2.45. The van der Waals surface area contributed by atoms with Gasteiger partial charge in [0.15, 0.2) is 0 Å². The van der Waals surface area contributed by atoms with Gasteiger partial charge in [-0.3, -0.25) is 9.69 Å². The summed E-state index contributed by atoms with van der Waals surface area (Å²) in [5, 5.41) is 8.42. The van der Waals surface area contributed by atoms with Crippen molar-refractivity contribution in [1.82, 2.24) is 4.98 Å². The number of amides is 1. The smallest absolute Gasteiger partial charge is 0.471 e. The summed E-state index contributed by atoms with van der Waals surface area (Å²) in [5.41, 5.74) is 0.237. The third-order valence-corrected chi connectivity index (χ3v) is 3.50. The first-order valence-electron chi connectivity index (χ1n) is 4.92. The van der Waals surface area contributed by atoms with Crippen molar-refractivity contribution in [3.8, 4) is 0 Å². The molecule has 1 aromatic rings. The van der Waals surface area contributed by atoms with Crippen molar-refractivity contribution in [3.63, 3.8) is 0 Å². The first kappa shape index (κ1) is 12.8. The van der Waals surface area contributed by atoms with Gasteiger partial charge in [0.05, 0.1) is 5.69 Å². The molecule has 0 atom stereocenters. The first-order valence-corrected chi connectivity index (χ1v) is 5.74. The van der Waals surface area contributed by atoms with Crippen molar-refractivity contribution in [2.45, 2.75) is 19.0 Å². The molecule has 18 heavy (non-hydrogen) atoms. The van der Waals surface area contributed by atoms with Gasteiger partial charge in [-0.25, -0.2) is 9.78 Å². The van der Waals surface area contributed by atoms with Crippen molar-refractivity contribution in [2.75, 3.05) is 11.4 Å². The average Bonchev–Trinajstić information content (AvgIpc) is 2.70. The number of halogens is 3. The van der Waals surface area contributed by atoms with E-state index in [2.05, 4.69) is 4.98 Å². The van der Waals surface area contributed by atoms with Crippen LogP contribution < -0.4 is 4.90 Å². The van der Waals surface area contributed by atoms with Gasteiger partial charge in [-0.2, -0.15) is 13.2 Å². The fraction of sp³-hybridized carbons (Fsp3) is 0.444. The average molecular weight is 280 g/mol. The Morgan fingerprint density at radius 2 is 2.06 bits per heavy atom. The van der Waals surface area contributed by atoms with E-state index in [4.69, 9.17) is 5.11 Å². The summed E-state index contributed by atoms with van der Waals surface area (Å²) >= 11 is 0.590. The Kier molecular flexibility index (Phi) is 3.01. The molecular weight excluding hydrogens is 273 g/mol. The van der Waals surface area contributed by atoms with Crippen LogP contribution >= 0.6 is 11.3 Å². The minimum Gasteiger partial charge on any atom is -0.476 e. The molecule has 1 aliphatic heterocycles. The third-order valence-electron chi connectivity index (χ3n) is 2.39. The SMILES string of the molecule is O=C(O)c1nc2c(s1)N(C(=O)C(F)(F)F)CCC2. The molecule has 9 heteroatoms. The number of hydrogen-bond acceptors (Lipinski definition) is 4. The highest BCUT2D eigenvalue weighted by Crippen LogP contribution is 2.35. The molecule has 0 saturated carbocycles. The summed E-state index contributed by atoms with van der Waals surface area (Å²) in [5.74, 6) is -3.29. The molecule has 0 unspecified atom stereocenters. The molecular formula is C9H7F3N2O3S. The van der Waals surface area contributed by atoms with E-state index in [1.54, 1.807) is 0 Å². The molecule has 0 saturated heterocycles. The van der Waals surface area contributed by atoms with Crippen molar-refractivity contribution >= 4 is 28.2 Å². The Hall–Kier alpha value is -1.64. The van der Waals surface area contributed by atoms with E-state index in [0.29, 0.717) is 29.1 Å². The predicted molar refractivity (Wildman–Crippen MR) is 55.8 cm³/mol. The van der Waals surface area contributed by atoms with Crippen molar-refractivity contribution in [1.29, 1.82) is 0 Å². The molecule has 1 aliphatic rings. The van der Waals surface area contributed by atoms with E-state index >= 15 is 0 Å². The highest BCUT2D eigenvalue weighted by molar-refractivity contribution is 7.17. The van der Waals surface area contributed by atoms with Gasteiger partial charge in [0.25, 0.3) is 0 Å². The van der Waals surface area contributed by atoms with Crippen LogP contribution in [0, 0.1) is 0 Å². The van der Waals surface area contributed by atoms with Gasteiger partial charge in [-0.15, -0.1) is 0 Å². The van der Waals surface area contributed by atoms with Gasteiger partial charge in [0, 0.05) is 6.54 Å². The number of carbonyl (C=O) groups excluding carboxylic acids is 1. The number of aromatic carboxylic acids is 1. The number of aryl methyl sites for hydroxylation is 1. The van der Waals surface area contributed by atoms with E-state index in [9.17, 15) is 22.8 Å². The summed E-state index contributed by atoms with van der Waals surface area (Å²) in [7, 11) is 0. The number of fused-ring (bicyclic) bond motifs is 1. The number of hydrogen-bond donors (Lipinski definition) is 1. The summed E-state index contributed by atoms with van der Waals surface area (Å²) in [4.78, 5) is 26.2. The second-order valence-corrected chi connectivity index (χ2v) is 4.61. The normalized spacial score (nSPS) is 15.4. The van der Waals surface area contributed by atoms with E-state index in [-0.39, 0.29) is 22.2 Å². The minimum absolute atomic E-state index is 0.0130. The Balaban J connectivity index is 2.39. The summed E-state index contributed by atoms with van der Waals surface area (Å²) in [6, 6.07) is 0. The molecule has 98 valence electrons. The zero-order valence-corrected chi connectivity index (χ0v) is 9.64. The van der Waals surface area contributed by atoms with Gasteiger partial charge in [-0.05, 0) is 12.8 Å². The topological polar surface area (TPSA) is 70.5 Å². The summed E-state index contributed by atoms with van der Waals surface area (Å²) in [6.07, 6.45) is -4.26. The molecule has 2 heterocycles. The lowest BCUT2D eigenvalue weighted by Gasteiger charge is -2.26. The summed E-state index contributed by atoms with van der Waals surface area (Å²) in [6.45, 7) is -0.0768. The third kappa shape index (κ3) is 2.17. The Labute approximate surface area is 103 Å². The van der Waals surface area contributed by atoms with Gasteiger partial charge in [0.1, 0.15) is 5.00 Å². The molecule has 0 bridgehead atoms. The number of rotatable bonds is 1. The maximum absolute atomic E-state index is 12.4. The first-order chi connectivity index (χ1) is 8.30. The second kappa shape index (κ2) is 4.23.